The van der Waals surface area contributed by atoms with Crippen molar-refractivity contribution in [1.82, 2.24) is 24.8 Å². The van der Waals surface area contributed by atoms with Crippen LogP contribution in [0.1, 0.15) is 61.8 Å². The summed E-state index contributed by atoms with van der Waals surface area (Å²) in [5.41, 5.74) is 8.42. The molecule has 1 aliphatic rings. The molecule has 0 saturated carbocycles. The first-order valence-corrected chi connectivity index (χ1v) is 12.0. The second kappa shape index (κ2) is 9.86. The van der Waals surface area contributed by atoms with Gasteiger partial charge in [-0.05, 0) is 51.7 Å². The predicted molar refractivity (Wildman–Crippen MR) is 141 cm³/mol. The van der Waals surface area contributed by atoms with Crippen molar-refractivity contribution >= 4 is 28.7 Å². The Kier molecular flexibility index (Phi) is 6.84. The molecule has 3 aromatic rings. The minimum atomic E-state index is -0.301. The summed E-state index contributed by atoms with van der Waals surface area (Å²) in [5, 5.41) is 3.49. The van der Waals surface area contributed by atoms with Gasteiger partial charge in [-0.2, -0.15) is 0 Å². The Labute approximate surface area is 211 Å². The number of rotatable bonds is 5. The summed E-state index contributed by atoms with van der Waals surface area (Å²) in [7, 11) is 0. The molecule has 8 heteroatoms. The number of nitrogen functional groups attached to an aromatic ring is 1. The Morgan fingerprint density at radius 3 is 2.64 bits per heavy atom. The van der Waals surface area contributed by atoms with E-state index >= 15 is 0 Å². The van der Waals surface area contributed by atoms with E-state index in [1.165, 1.54) is 12.4 Å². The number of nitrogens with two attached hydrogens (primary N) is 1. The van der Waals surface area contributed by atoms with Crippen LogP contribution in [-0.2, 0) is 11.3 Å². The Morgan fingerprint density at radius 2 is 1.97 bits per heavy atom. The van der Waals surface area contributed by atoms with Crippen LogP contribution in [0, 0.1) is 17.3 Å². The summed E-state index contributed by atoms with van der Waals surface area (Å²) >= 11 is 0. The van der Waals surface area contributed by atoms with Crippen molar-refractivity contribution in [2.45, 2.75) is 52.7 Å². The van der Waals surface area contributed by atoms with E-state index in [1.807, 2.05) is 62.6 Å². The van der Waals surface area contributed by atoms with Crippen LogP contribution >= 0.6 is 0 Å². The van der Waals surface area contributed by atoms with Gasteiger partial charge in [0.05, 0.1) is 17.0 Å². The lowest BCUT2D eigenvalue weighted by Gasteiger charge is -2.19. The van der Waals surface area contributed by atoms with Crippen molar-refractivity contribution in [2.75, 3.05) is 12.3 Å². The van der Waals surface area contributed by atoms with Crippen LogP contribution in [0.3, 0.4) is 0 Å². The zero-order chi connectivity index (χ0) is 26.0. The number of carbonyl (C=O) groups excluding carboxylic acids is 2. The summed E-state index contributed by atoms with van der Waals surface area (Å²) in [6.07, 6.45) is 3.41. The van der Waals surface area contributed by atoms with Crippen molar-refractivity contribution in [3.63, 3.8) is 0 Å². The molecule has 0 bridgehead atoms. The fraction of sp³-hybridized carbons (Fsp3) is 0.357. The summed E-state index contributed by atoms with van der Waals surface area (Å²) in [4.78, 5) is 36.6. The first-order chi connectivity index (χ1) is 17.1. The third kappa shape index (κ3) is 4.96. The molecule has 2 aromatic heterocycles. The molecule has 1 fully saturated rings. The molecule has 2 amide bonds. The van der Waals surface area contributed by atoms with E-state index in [1.54, 1.807) is 4.90 Å². The monoisotopic (exact) mass is 484 g/mol. The van der Waals surface area contributed by atoms with E-state index in [9.17, 15) is 9.59 Å². The predicted octanol–water partition coefficient (Wildman–Crippen LogP) is 3.69. The molecule has 0 aliphatic carbocycles. The molecule has 36 heavy (non-hydrogen) atoms. The van der Waals surface area contributed by atoms with Crippen molar-refractivity contribution in [3.8, 4) is 11.8 Å². The SMILES string of the molecule is C=CC(=O)N1CC(n2c(C#CC(C)(C)C)c(C(=O)NCc3ccccc3)c3c(N)ncnc32)CC1C. The molecular weight excluding hydrogens is 452 g/mol. The highest BCUT2D eigenvalue weighted by atomic mass is 16.2. The number of aromatic nitrogens is 3. The van der Waals surface area contributed by atoms with Gasteiger partial charge < -0.3 is 20.5 Å². The highest BCUT2D eigenvalue weighted by Gasteiger charge is 2.36. The average molecular weight is 485 g/mol. The minimum Gasteiger partial charge on any atom is -0.383 e. The van der Waals surface area contributed by atoms with Crippen LogP contribution < -0.4 is 11.1 Å². The lowest BCUT2D eigenvalue weighted by Crippen LogP contribution is -2.32. The van der Waals surface area contributed by atoms with Crippen LogP contribution in [0.25, 0.3) is 11.0 Å². The van der Waals surface area contributed by atoms with Crippen LogP contribution in [-0.4, -0.2) is 43.8 Å². The third-order valence-electron chi connectivity index (χ3n) is 6.27. The Balaban J connectivity index is 1.88. The maximum Gasteiger partial charge on any atom is 0.255 e. The number of hydrogen-bond donors (Lipinski definition) is 2. The van der Waals surface area contributed by atoms with E-state index in [0.717, 1.165) is 5.56 Å². The number of benzene rings is 1. The zero-order valence-corrected chi connectivity index (χ0v) is 21.2. The first-order valence-electron chi connectivity index (χ1n) is 12.0. The second-order valence-electron chi connectivity index (χ2n) is 10.2. The number of hydrogen-bond acceptors (Lipinski definition) is 5. The summed E-state index contributed by atoms with van der Waals surface area (Å²) in [6.45, 7) is 12.5. The molecule has 3 heterocycles. The van der Waals surface area contributed by atoms with Gasteiger partial charge in [-0.15, -0.1) is 0 Å². The molecule has 2 unspecified atom stereocenters. The number of nitrogens with one attached hydrogen (secondary N) is 1. The molecule has 3 N–H and O–H groups in total. The second-order valence-corrected chi connectivity index (χ2v) is 10.2. The molecule has 0 spiro atoms. The molecular formula is C28H32N6O2. The summed E-state index contributed by atoms with van der Waals surface area (Å²) < 4.78 is 1.97. The van der Waals surface area contributed by atoms with Gasteiger partial charge in [0.25, 0.3) is 5.91 Å². The third-order valence-corrected chi connectivity index (χ3v) is 6.27. The number of anilines is 1. The van der Waals surface area contributed by atoms with E-state index in [4.69, 9.17) is 5.73 Å². The summed E-state index contributed by atoms with van der Waals surface area (Å²) in [6, 6.07) is 9.55. The topological polar surface area (TPSA) is 106 Å². The van der Waals surface area contributed by atoms with E-state index in [-0.39, 0.29) is 35.1 Å². The highest BCUT2D eigenvalue weighted by molar-refractivity contribution is 6.11. The number of likely N-dealkylation sites (tertiary alicyclic amines) is 1. The molecule has 186 valence electrons. The Bertz CT molecular complexity index is 1370. The molecule has 1 aliphatic heterocycles. The first kappa shape index (κ1) is 25.0. The van der Waals surface area contributed by atoms with Gasteiger partial charge in [-0.25, -0.2) is 9.97 Å². The maximum atomic E-state index is 13.7. The zero-order valence-electron chi connectivity index (χ0n) is 21.2. The Hall–Kier alpha value is -4.12. The molecule has 0 radical (unpaired) electrons. The van der Waals surface area contributed by atoms with Crippen molar-refractivity contribution in [2.24, 2.45) is 5.41 Å². The standard InChI is InChI=1S/C28H32N6O2/c1-6-22(35)33-16-20(14-18(33)2)34-21(12-13-28(3,4)5)23(24-25(29)31-17-32-26(24)34)27(36)30-15-19-10-8-7-9-11-19/h6-11,17-18,20H,1,14-16H2,2-5H3,(H,30,36)(H2,29,31,32). The fourth-order valence-electron chi connectivity index (χ4n) is 4.58. The van der Waals surface area contributed by atoms with Gasteiger partial charge >= 0.3 is 0 Å². The van der Waals surface area contributed by atoms with Crippen molar-refractivity contribution in [1.29, 1.82) is 0 Å². The van der Waals surface area contributed by atoms with E-state index in [0.29, 0.717) is 41.8 Å². The number of fused-ring (bicyclic) bond motifs is 1. The van der Waals surface area contributed by atoms with Crippen molar-refractivity contribution in [3.05, 3.63) is 66.1 Å². The van der Waals surface area contributed by atoms with Gasteiger partial charge in [0.15, 0.2) is 0 Å². The van der Waals surface area contributed by atoms with Gasteiger partial charge in [0.2, 0.25) is 5.91 Å². The van der Waals surface area contributed by atoms with Crippen molar-refractivity contribution < 1.29 is 9.59 Å². The lowest BCUT2D eigenvalue weighted by atomic mass is 9.97. The van der Waals surface area contributed by atoms with Crippen LogP contribution in [0.15, 0.2) is 49.3 Å². The number of amides is 2. The quantitative estimate of drug-likeness (QED) is 0.424. The van der Waals surface area contributed by atoms with Crippen LogP contribution in [0.4, 0.5) is 5.82 Å². The number of carbonyl (C=O) groups is 2. The van der Waals surface area contributed by atoms with Gasteiger partial charge in [0, 0.05) is 24.5 Å². The van der Waals surface area contributed by atoms with E-state index < -0.39 is 0 Å². The highest BCUT2D eigenvalue weighted by Crippen LogP contribution is 2.36. The summed E-state index contributed by atoms with van der Waals surface area (Å²) in [5.74, 6) is 6.33. The lowest BCUT2D eigenvalue weighted by molar-refractivity contribution is -0.126. The molecule has 4 rings (SSSR count). The van der Waals surface area contributed by atoms with E-state index in [2.05, 4.69) is 33.7 Å². The fourth-order valence-corrected chi connectivity index (χ4v) is 4.58. The molecule has 1 saturated heterocycles. The molecule has 1 aromatic carbocycles. The van der Waals surface area contributed by atoms with Gasteiger partial charge in [-0.3, -0.25) is 9.59 Å². The minimum absolute atomic E-state index is 0.00378. The smallest absolute Gasteiger partial charge is 0.255 e. The molecule has 8 nitrogen and oxygen atoms in total. The molecule has 2 atom stereocenters. The van der Waals surface area contributed by atoms with Gasteiger partial charge in [0.1, 0.15) is 23.5 Å². The normalized spacial score (nSPS) is 17.5. The largest absolute Gasteiger partial charge is 0.383 e. The Morgan fingerprint density at radius 1 is 1.25 bits per heavy atom. The number of nitrogens with zero attached hydrogens (tertiary/aromatic N) is 4. The maximum absolute atomic E-state index is 13.7. The van der Waals surface area contributed by atoms with Crippen LogP contribution in [0.2, 0.25) is 0 Å². The van der Waals surface area contributed by atoms with Crippen LogP contribution in [0.5, 0.6) is 0 Å². The van der Waals surface area contributed by atoms with Gasteiger partial charge in [-0.1, -0.05) is 42.8 Å². The average Bonchev–Trinajstić information content (AvgIpc) is 3.39.